The maximum Gasteiger partial charge on any atom is 0.279 e. The second-order valence-corrected chi connectivity index (χ2v) is 4.95. The van der Waals surface area contributed by atoms with Gasteiger partial charge in [-0.25, -0.2) is 4.72 Å². The minimum atomic E-state index is -3.28. The van der Waals surface area contributed by atoms with Crippen LogP contribution in [0.2, 0.25) is 0 Å². The van der Waals surface area contributed by atoms with Gasteiger partial charge in [0, 0.05) is 26.2 Å². The first-order chi connectivity index (χ1) is 5.90. The SMILES string of the molecule is CCNS(=O)(=O)N(C)CCC(C)N. The van der Waals surface area contributed by atoms with E-state index in [0.717, 1.165) is 0 Å². The van der Waals surface area contributed by atoms with Crippen molar-refractivity contribution in [1.82, 2.24) is 9.03 Å². The van der Waals surface area contributed by atoms with Crippen molar-refractivity contribution in [3.63, 3.8) is 0 Å². The molecule has 5 nitrogen and oxygen atoms in total. The summed E-state index contributed by atoms with van der Waals surface area (Å²) in [5.74, 6) is 0. The standard InChI is InChI=1S/C7H19N3O2S/c1-4-9-13(11,12)10(3)6-5-7(2)8/h7,9H,4-6,8H2,1-3H3. The lowest BCUT2D eigenvalue weighted by molar-refractivity contribution is 0.438. The van der Waals surface area contributed by atoms with E-state index >= 15 is 0 Å². The molecule has 6 heteroatoms. The highest BCUT2D eigenvalue weighted by molar-refractivity contribution is 7.87. The van der Waals surface area contributed by atoms with Gasteiger partial charge >= 0.3 is 0 Å². The lowest BCUT2D eigenvalue weighted by atomic mass is 10.2. The Morgan fingerprint density at radius 1 is 1.54 bits per heavy atom. The van der Waals surface area contributed by atoms with E-state index in [2.05, 4.69) is 4.72 Å². The number of nitrogens with one attached hydrogen (secondary N) is 1. The zero-order valence-corrected chi connectivity index (χ0v) is 9.26. The van der Waals surface area contributed by atoms with E-state index in [1.54, 1.807) is 14.0 Å². The number of nitrogens with zero attached hydrogens (tertiary/aromatic N) is 1. The largest absolute Gasteiger partial charge is 0.328 e. The third-order valence-electron chi connectivity index (χ3n) is 1.64. The first-order valence-electron chi connectivity index (χ1n) is 4.36. The number of hydrogen-bond acceptors (Lipinski definition) is 3. The van der Waals surface area contributed by atoms with E-state index in [4.69, 9.17) is 5.73 Å². The van der Waals surface area contributed by atoms with Crippen LogP contribution in [0.25, 0.3) is 0 Å². The summed E-state index contributed by atoms with van der Waals surface area (Å²) in [6.45, 7) is 4.46. The Bertz CT molecular complexity index is 226. The lowest BCUT2D eigenvalue weighted by Gasteiger charge is -2.17. The highest BCUT2D eigenvalue weighted by atomic mass is 32.2. The van der Waals surface area contributed by atoms with E-state index in [1.807, 2.05) is 6.92 Å². The monoisotopic (exact) mass is 209 g/mol. The van der Waals surface area contributed by atoms with Crippen LogP contribution in [0.1, 0.15) is 20.3 Å². The maximum atomic E-state index is 11.3. The molecule has 3 N–H and O–H groups in total. The molecule has 0 fully saturated rings. The topological polar surface area (TPSA) is 75.4 Å². The molecule has 1 atom stereocenters. The molecule has 0 heterocycles. The van der Waals surface area contributed by atoms with Gasteiger partial charge in [0.15, 0.2) is 0 Å². The van der Waals surface area contributed by atoms with Crippen molar-refractivity contribution in [2.75, 3.05) is 20.1 Å². The van der Waals surface area contributed by atoms with Crippen molar-refractivity contribution in [2.45, 2.75) is 26.3 Å². The average Bonchev–Trinajstić information content (AvgIpc) is 1.99. The lowest BCUT2D eigenvalue weighted by Crippen LogP contribution is -2.39. The van der Waals surface area contributed by atoms with Crippen LogP contribution < -0.4 is 10.5 Å². The van der Waals surface area contributed by atoms with Gasteiger partial charge in [-0.3, -0.25) is 0 Å². The molecule has 0 saturated heterocycles. The predicted molar refractivity (Wildman–Crippen MR) is 53.5 cm³/mol. The van der Waals surface area contributed by atoms with Gasteiger partial charge in [0.25, 0.3) is 10.2 Å². The Morgan fingerprint density at radius 2 is 2.08 bits per heavy atom. The van der Waals surface area contributed by atoms with Crippen LogP contribution in [0.5, 0.6) is 0 Å². The van der Waals surface area contributed by atoms with Gasteiger partial charge in [-0.15, -0.1) is 0 Å². The van der Waals surface area contributed by atoms with Crippen molar-refractivity contribution in [2.24, 2.45) is 5.73 Å². The Labute approximate surface area is 80.5 Å². The smallest absolute Gasteiger partial charge is 0.279 e. The molecule has 0 saturated carbocycles. The summed E-state index contributed by atoms with van der Waals surface area (Å²) in [6, 6.07) is 0.0271. The Balaban J connectivity index is 4.02. The highest BCUT2D eigenvalue weighted by Gasteiger charge is 2.15. The second kappa shape index (κ2) is 5.54. The fourth-order valence-electron chi connectivity index (χ4n) is 0.798. The molecule has 0 aliphatic rings. The van der Waals surface area contributed by atoms with Crippen molar-refractivity contribution < 1.29 is 8.42 Å². The first-order valence-corrected chi connectivity index (χ1v) is 5.80. The van der Waals surface area contributed by atoms with E-state index in [9.17, 15) is 8.42 Å². The minimum Gasteiger partial charge on any atom is -0.328 e. The van der Waals surface area contributed by atoms with Crippen molar-refractivity contribution >= 4 is 10.2 Å². The summed E-state index contributed by atoms with van der Waals surface area (Å²) in [7, 11) is -1.74. The van der Waals surface area contributed by atoms with Crippen LogP contribution in [0.15, 0.2) is 0 Å². The molecule has 0 aliphatic carbocycles. The van der Waals surface area contributed by atoms with Crippen molar-refractivity contribution in [1.29, 1.82) is 0 Å². The summed E-state index contributed by atoms with van der Waals surface area (Å²) in [4.78, 5) is 0. The Morgan fingerprint density at radius 3 is 2.46 bits per heavy atom. The molecule has 0 bridgehead atoms. The van der Waals surface area contributed by atoms with Crippen LogP contribution >= 0.6 is 0 Å². The third-order valence-corrected chi connectivity index (χ3v) is 3.29. The van der Waals surface area contributed by atoms with Crippen LogP contribution in [0, 0.1) is 0 Å². The molecule has 0 aromatic rings. The normalized spacial score (nSPS) is 14.8. The molecular weight excluding hydrogens is 190 g/mol. The summed E-state index contributed by atoms with van der Waals surface area (Å²) in [5.41, 5.74) is 5.52. The van der Waals surface area contributed by atoms with E-state index < -0.39 is 10.2 Å². The van der Waals surface area contributed by atoms with Crippen molar-refractivity contribution in [3.05, 3.63) is 0 Å². The van der Waals surface area contributed by atoms with E-state index in [1.165, 1.54) is 4.31 Å². The quantitative estimate of drug-likeness (QED) is 0.620. The number of hydrogen-bond donors (Lipinski definition) is 2. The van der Waals surface area contributed by atoms with Crippen LogP contribution in [-0.4, -0.2) is 38.9 Å². The Kier molecular flexibility index (Phi) is 5.46. The number of nitrogens with two attached hydrogens (primary N) is 1. The molecule has 80 valence electrons. The molecule has 0 spiro atoms. The fraction of sp³-hybridized carbons (Fsp3) is 1.00. The van der Waals surface area contributed by atoms with Crippen LogP contribution in [0.4, 0.5) is 0 Å². The molecule has 0 radical (unpaired) electrons. The first kappa shape index (κ1) is 12.8. The third kappa shape index (κ3) is 5.20. The number of rotatable bonds is 6. The average molecular weight is 209 g/mol. The Hall–Kier alpha value is -0.170. The van der Waals surface area contributed by atoms with Gasteiger partial charge < -0.3 is 5.73 Å². The molecular formula is C7H19N3O2S. The summed E-state index contributed by atoms with van der Waals surface area (Å²) < 4.78 is 26.3. The molecule has 0 rings (SSSR count). The van der Waals surface area contributed by atoms with Gasteiger partial charge in [-0.2, -0.15) is 12.7 Å². The van der Waals surface area contributed by atoms with Gasteiger partial charge in [0.05, 0.1) is 0 Å². The van der Waals surface area contributed by atoms with Crippen molar-refractivity contribution in [3.8, 4) is 0 Å². The highest BCUT2D eigenvalue weighted by Crippen LogP contribution is 1.96. The minimum absolute atomic E-state index is 0.0271. The van der Waals surface area contributed by atoms with Gasteiger partial charge in [-0.1, -0.05) is 6.92 Å². The molecule has 0 aromatic carbocycles. The maximum absolute atomic E-state index is 11.3. The zero-order valence-electron chi connectivity index (χ0n) is 8.45. The molecule has 0 aromatic heterocycles. The van der Waals surface area contributed by atoms with E-state index in [-0.39, 0.29) is 6.04 Å². The van der Waals surface area contributed by atoms with E-state index in [0.29, 0.717) is 19.5 Å². The zero-order chi connectivity index (χ0) is 10.5. The van der Waals surface area contributed by atoms with Crippen LogP contribution in [-0.2, 0) is 10.2 Å². The molecule has 1 unspecified atom stereocenters. The van der Waals surface area contributed by atoms with Gasteiger partial charge in [0.2, 0.25) is 0 Å². The molecule has 0 amide bonds. The predicted octanol–water partition coefficient (Wildman–Crippen LogP) is -0.490. The fourth-order valence-corrected chi connectivity index (χ4v) is 1.73. The summed E-state index contributed by atoms with van der Waals surface area (Å²) in [5, 5.41) is 0. The van der Waals surface area contributed by atoms with Crippen LogP contribution in [0.3, 0.4) is 0 Å². The molecule has 13 heavy (non-hydrogen) atoms. The van der Waals surface area contributed by atoms with Gasteiger partial charge in [0.1, 0.15) is 0 Å². The second-order valence-electron chi connectivity index (χ2n) is 3.09. The summed E-state index contributed by atoms with van der Waals surface area (Å²) in [6.07, 6.45) is 0.668. The van der Waals surface area contributed by atoms with Gasteiger partial charge in [-0.05, 0) is 13.3 Å². The molecule has 0 aliphatic heterocycles. The summed E-state index contributed by atoms with van der Waals surface area (Å²) >= 11 is 0.